The van der Waals surface area contributed by atoms with Gasteiger partial charge in [-0.15, -0.1) is 0 Å². The Labute approximate surface area is 97.4 Å². The average Bonchev–Trinajstić information content (AvgIpc) is 2.30. The van der Waals surface area contributed by atoms with Crippen LogP contribution in [0.3, 0.4) is 0 Å². The zero-order chi connectivity index (χ0) is 12.0. The number of hydrogen-bond acceptors (Lipinski definition) is 4. The van der Waals surface area contributed by atoms with E-state index in [9.17, 15) is 14.9 Å². The maximum Gasteiger partial charge on any atom is 0.334 e. The summed E-state index contributed by atoms with van der Waals surface area (Å²) in [5.41, 5.74) is 0.162. The Morgan fingerprint density at radius 1 is 1.41 bits per heavy atom. The van der Waals surface area contributed by atoms with E-state index in [1.165, 1.54) is 6.07 Å². The summed E-state index contributed by atoms with van der Waals surface area (Å²) in [5.74, 6) is 0.733. The Hall–Kier alpha value is -1.69. The van der Waals surface area contributed by atoms with E-state index in [0.717, 1.165) is 25.2 Å². The van der Waals surface area contributed by atoms with Crippen molar-refractivity contribution in [3.8, 4) is 0 Å². The van der Waals surface area contributed by atoms with Crippen molar-refractivity contribution in [2.45, 2.75) is 18.9 Å². The molecule has 0 aromatic carbocycles. The first-order valence-electron chi connectivity index (χ1n) is 5.75. The maximum atomic E-state index is 12.0. The molecule has 0 radical (unpaired) electrons. The summed E-state index contributed by atoms with van der Waals surface area (Å²) < 4.78 is 1.60. The molecule has 1 saturated heterocycles. The highest BCUT2D eigenvalue weighted by Crippen LogP contribution is 2.32. The Morgan fingerprint density at radius 3 is 3.00 bits per heavy atom. The minimum atomic E-state index is -0.599. The van der Waals surface area contributed by atoms with Gasteiger partial charge in [0.1, 0.15) is 0 Å². The van der Waals surface area contributed by atoms with Gasteiger partial charge in [0.05, 0.1) is 4.92 Å². The summed E-state index contributed by atoms with van der Waals surface area (Å²) in [4.78, 5) is 22.1. The lowest BCUT2D eigenvalue weighted by molar-refractivity contribution is -0.386. The van der Waals surface area contributed by atoms with E-state index in [0.29, 0.717) is 18.4 Å². The maximum absolute atomic E-state index is 12.0. The van der Waals surface area contributed by atoms with Crippen molar-refractivity contribution < 1.29 is 4.92 Å². The second-order valence-corrected chi connectivity index (χ2v) is 4.77. The van der Waals surface area contributed by atoms with Crippen molar-refractivity contribution in [1.29, 1.82) is 0 Å². The lowest BCUT2D eigenvalue weighted by atomic mass is 9.84. The predicted octanol–water partition coefficient (Wildman–Crippen LogP) is 0.463. The van der Waals surface area contributed by atoms with E-state index in [4.69, 9.17) is 0 Å². The second kappa shape index (κ2) is 3.66. The van der Waals surface area contributed by atoms with Gasteiger partial charge in [0, 0.05) is 30.8 Å². The molecule has 17 heavy (non-hydrogen) atoms. The molecule has 0 saturated carbocycles. The Balaban J connectivity index is 2.15. The number of nitrogens with one attached hydrogen (secondary N) is 1. The van der Waals surface area contributed by atoms with Gasteiger partial charge in [-0.1, -0.05) is 0 Å². The second-order valence-electron chi connectivity index (χ2n) is 4.77. The van der Waals surface area contributed by atoms with Crippen LogP contribution in [0, 0.1) is 16.0 Å². The Kier molecular flexibility index (Phi) is 2.25. The zero-order valence-electron chi connectivity index (χ0n) is 9.26. The van der Waals surface area contributed by atoms with Crippen molar-refractivity contribution in [3.05, 3.63) is 38.3 Å². The zero-order valence-corrected chi connectivity index (χ0v) is 9.26. The van der Waals surface area contributed by atoms with E-state index in [1.807, 2.05) is 0 Å². The van der Waals surface area contributed by atoms with Crippen molar-refractivity contribution >= 4 is 5.69 Å². The van der Waals surface area contributed by atoms with Crippen molar-refractivity contribution in [2.75, 3.05) is 13.1 Å². The Bertz CT molecular complexity index is 537. The highest BCUT2D eigenvalue weighted by atomic mass is 16.6. The number of rotatable bonds is 1. The summed E-state index contributed by atoms with van der Waals surface area (Å²) in [6, 6.07) is 3.07. The van der Waals surface area contributed by atoms with Gasteiger partial charge < -0.3 is 9.88 Å². The molecule has 1 aromatic rings. The van der Waals surface area contributed by atoms with Gasteiger partial charge in [-0.25, -0.2) is 0 Å². The fraction of sp³-hybridized carbons (Fsp3) is 0.545. The molecule has 90 valence electrons. The number of piperidine rings is 1. The lowest BCUT2D eigenvalue weighted by Gasteiger charge is -2.37. The first-order chi connectivity index (χ1) is 8.16. The highest BCUT2D eigenvalue weighted by molar-refractivity contribution is 5.31. The largest absolute Gasteiger partial charge is 0.334 e. The molecule has 6 nitrogen and oxygen atoms in total. The van der Waals surface area contributed by atoms with Gasteiger partial charge in [-0.3, -0.25) is 14.9 Å². The molecule has 0 amide bonds. The molecular formula is C11H13N3O3. The van der Waals surface area contributed by atoms with Crippen LogP contribution in [0.4, 0.5) is 5.69 Å². The standard InChI is InChI=1S/C11H13N3O3/c15-11-10(14(16)17)2-1-9-8-3-7(4-12-5-8)6-13(9)11/h1-2,7-8,12H,3-6H2. The first kappa shape index (κ1) is 10.5. The summed E-state index contributed by atoms with van der Waals surface area (Å²) in [5, 5.41) is 14.1. The normalized spacial score (nSPS) is 26.4. The average molecular weight is 235 g/mol. The minimum Gasteiger partial charge on any atom is -0.316 e. The molecule has 2 unspecified atom stereocenters. The molecule has 6 heteroatoms. The van der Waals surface area contributed by atoms with Crippen LogP contribution < -0.4 is 10.9 Å². The third-order valence-corrected chi connectivity index (χ3v) is 3.69. The molecule has 1 fully saturated rings. The van der Waals surface area contributed by atoms with Gasteiger partial charge in [0.2, 0.25) is 0 Å². The monoisotopic (exact) mass is 235 g/mol. The van der Waals surface area contributed by atoms with Crippen LogP contribution in [0.2, 0.25) is 0 Å². The molecule has 3 heterocycles. The SMILES string of the molecule is O=c1c([N+](=O)[O-])ccc2n1CC1CNCC2C1. The molecule has 2 bridgehead atoms. The molecular weight excluding hydrogens is 222 g/mol. The number of pyridine rings is 1. The van der Waals surface area contributed by atoms with Crippen LogP contribution in [0.5, 0.6) is 0 Å². The smallest absolute Gasteiger partial charge is 0.316 e. The summed E-state index contributed by atoms with van der Waals surface area (Å²) >= 11 is 0. The molecule has 2 aliphatic rings. The van der Waals surface area contributed by atoms with Crippen LogP contribution in [0.15, 0.2) is 16.9 Å². The van der Waals surface area contributed by atoms with Gasteiger partial charge in [-0.05, 0) is 24.9 Å². The van der Waals surface area contributed by atoms with E-state index in [1.54, 1.807) is 10.6 Å². The Morgan fingerprint density at radius 2 is 2.24 bits per heavy atom. The molecule has 0 aliphatic carbocycles. The van der Waals surface area contributed by atoms with E-state index >= 15 is 0 Å². The highest BCUT2D eigenvalue weighted by Gasteiger charge is 2.32. The van der Waals surface area contributed by atoms with E-state index in [-0.39, 0.29) is 5.69 Å². The number of aromatic nitrogens is 1. The fourth-order valence-electron chi connectivity index (χ4n) is 2.92. The third kappa shape index (κ3) is 1.56. The number of hydrogen-bond donors (Lipinski definition) is 1. The van der Waals surface area contributed by atoms with Gasteiger partial charge >= 0.3 is 11.2 Å². The first-order valence-corrected chi connectivity index (χ1v) is 5.75. The predicted molar refractivity (Wildman–Crippen MR) is 61.1 cm³/mol. The topological polar surface area (TPSA) is 77.2 Å². The van der Waals surface area contributed by atoms with Gasteiger partial charge in [-0.2, -0.15) is 0 Å². The van der Waals surface area contributed by atoms with Crippen molar-refractivity contribution in [3.63, 3.8) is 0 Å². The molecule has 2 aliphatic heterocycles. The molecule has 1 aromatic heterocycles. The van der Waals surface area contributed by atoms with Crippen LogP contribution in [0.1, 0.15) is 18.0 Å². The van der Waals surface area contributed by atoms with Crippen LogP contribution in [-0.4, -0.2) is 22.6 Å². The van der Waals surface area contributed by atoms with Crippen molar-refractivity contribution in [2.24, 2.45) is 5.92 Å². The summed E-state index contributed by atoms with van der Waals surface area (Å²) in [6.07, 6.45) is 1.07. The molecule has 2 atom stereocenters. The summed E-state index contributed by atoms with van der Waals surface area (Å²) in [7, 11) is 0. The van der Waals surface area contributed by atoms with Crippen LogP contribution in [-0.2, 0) is 6.54 Å². The van der Waals surface area contributed by atoms with Gasteiger partial charge in [0.15, 0.2) is 0 Å². The van der Waals surface area contributed by atoms with Crippen molar-refractivity contribution in [1.82, 2.24) is 9.88 Å². The molecule has 1 N–H and O–H groups in total. The van der Waals surface area contributed by atoms with Crippen LogP contribution in [0.25, 0.3) is 0 Å². The quantitative estimate of drug-likeness (QED) is 0.566. The van der Waals surface area contributed by atoms with E-state index in [2.05, 4.69) is 5.32 Å². The number of nitro groups is 1. The number of nitrogens with zero attached hydrogens (tertiary/aromatic N) is 2. The molecule has 3 rings (SSSR count). The van der Waals surface area contributed by atoms with Gasteiger partial charge in [0.25, 0.3) is 0 Å². The fourth-order valence-corrected chi connectivity index (χ4v) is 2.92. The van der Waals surface area contributed by atoms with Crippen LogP contribution >= 0.6 is 0 Å². The lowest BCUT2D eigenvalue weighted by Crippen LogP contribution is -2.45. The van der Waals surface area contributed by atoms with E-state index < -0.39 is 10.5 Å². The summed E-state index contributed by atoms with van der Waals surface area (Å²) in [6.45, 7) is 2.35. The number of fused-ring (bicyclic) bond motifs is 4. The third-order valence-electron chi connectivity index (χ3n) is 3.69. The molecule has 0 spiro atoms. The minimum absolute atomic E-state index is 0.316.